The smallest absolute Gasteiger partial charge is 0.255 e. The molecule has 1 aliphatic heterocycles. The van der Waals surface area contributed by atoms with Gasteiger partial charge in [-0.2, -0.15) is 0 Å². The van der Waals surface area contributed by atoms with Gasteiger partial charge in [-0.05, 0) is 6.42 Å². The minimum absolute atomic E-state index is 0.0595. The molecule has 1 aliphatic rings. The van der Waals surface area contributed by atoms with Gasteiger partial charge in [-0.25, -0.2) is 0 Å². The van der Waals surface area contributed by atoms with Gasteiger partial charge in [0.2, 0.25) is 0 Å². The van der Waals surface area contributed by atoms with Crippen molar-refractivity contribution in [3.8, 4) is 0 Å². The van der Waals surface area contributed by atoms with Gasteiger partial charge in [0.25, 0.3) is 5.91 Å². The van der Waals surface area contributed by atoms with Gasteiger partial charge in [0.15, 0.2) is 0 Å². The second kappa shape index (κ2) is 2.33. The van der Waals surface area contributed by atoms with Crippen molar-refractivity contribution in [2.75, 3.05) is 6.54 Å². The van der Waals surface area contributed by atoms with Gasteiger partial charge < -0.3 is 11.1 Å². The SMILES string of the molecule is [NH]C(=O)[C@@H]1CC(N)CN1. The lowest BCUT2D eigenvalue weighted by Crippen LogP contribution is -2.31. The molecule has 0 bridgehead atoms. The Morgan fingerprint density at radius 1 is 1.78 bits per heavy atom. The molecule has 0 aromatic carbocycles. The third-order valence-electron chi connectivity index (χ3n) is 1.48. The fraction of sp³-hybridized carbons (Fsp3) is 0.800. The minimum atomic E-state index is -0.553. The summed E-state index contributed by atoms with van der Waals surface area (Å²) in [4.78, 5) is 10.3. The molecule has 1 rings (SSSR count). The predicted octanol–water partition coefficient (Wildman–Crippen LogP) is -1.51. The molecule has 0 aromatic heterocycles. The fourth-order valence-corrected chi connectivity index (χ4v) is 0.963. The number of nitrogens with one attached hydrogen (secondary N) is 2. The molecule has 0 aromatic rings. The zero-order chi connectivity index (χ0) is 6.85. The van der Waals surface area contributed by atoms with E-state index in [4.69, 9.17) is 11.5 Å². The Bertz CT molecular complexity index is 125. The normalized spacial score (nSPS) is 34.8. The van der Waals surface area contributed by atoms with Crippen molar-refractivity contribution in [1.82, 2.24) is 11.1 Å². The topological polar surface area (TPSA) is 78.9 Å². The summed E-state index contributed by atoms with van der Waals surface area (Å²) in [5.74, 6) is -0.553. The fourth-order valence-electron chi connectivity index (χ4n) is 0.963. The third-order valence-corrected chi connectivity index (χ3v) is 1.48. The van der Waals surface area contributed by atoms with Crippen molar-refractivity contribution in [2.24, 2.45) is 5.73 Å². The zero-order valence-electron chi connectivity index (χ0n) is 5.05. The maximum Gasteiger partial charge on any atom is 0.255 e. The molecule has 2 atom stereocenters. The highest BCUT2D eigenvalue weighted by atomic mass is 16.1. The first-order chi connectivity index (χ1) is 4.20. The van der Waals surface area contributed by atoms with Crippen molar-refractivity contribution < 1.29 is 4.79 Å². The molecule has 9 heavy (non-hydrogen) atoms. The first kappa shape index (κ1) is 6.51. The Hall–Kier alpha value is -0.610. The van der Waals surface area contributed by atoms with E-state index in [0.29, 0.717) is 13.0 Å². The molecule has 1 radical (unpaired) electrons. The summed E-state index contributed by atoms with van der Waals surface area (Å²) in [7, 11) is 0. The van der Waals surface area contributed by atoms with E-state index in [1.807, 2.05) is 0 Å². The highest BCUT2D eigenvalue weighted by molar-refractivity contribution is 5.79. The molecular weight excluding hydrogens is 118 g/mol. The monoisotopic (exact) mass is 128 g/mol. The van der Waals surface area contributed by atoms with Gasteiger partial charge in [-0.1, -0.05) is 0 Å². The minimum Gasteiger partial charge on any atom is -0.326 e. The molecule has 4 N–H and O–H groups in total. The van der Waals surface area contributed by atoms with Crippen LogP contribution in [0.4, 0.5) is 0 Å². The maximum absolute atomic E-state index is 10.3. The zero-order valence-corrected chi connectivity index (χ0v) is 5.05. The lowest BCUT2D eigenvalue weighted by molar-refractivity contribution is -0.120. The standard InChI is InChI=1S/C5H10N3O/c6-3-1-4(5(7)9)8-2-3/h3-4,7-8H,1-2,6H2/t3?,4-/m0/s1. The van der Waals surface area contributed by atoms with Gasteiger partial charge in [-0.15, -0.1) is 0 Å². The second-order valence-electron chi connectivity index (χ2n) is 2.32. The van der Waals surface area contributed by atoms with Crippen molar-refractivity contribution in [3.63, 3.8) is 0 Å². The van der Waals surface area contributed by atoms with Gasteiger partial charge in [0.1, 0.15) is 0 Å². The van der Waals surface area contributed by atoms with E-state index in [2.05, 4.69) is 5.32 Å². The quantitative estimate of drug-likeness (QED) is 0.450. The Morgan fingerprint density at radius 3 is 2.67 bits per heavy atom. The van der Waals surface area contributed by atoms with Crippen LogP contribution >= 0.6 is 0 Å². The van der Waals surface area contributed by atoms with Gasteiger partial charge in [0.05, 0.1) is 6.04 Å². The summed E-state index contributed by atoms with van der Waals surface area (Å²) in [6, 6.07) is -0.246. The number of carbonyl (C=O) groups excluding carboxylic acids is 1. The van der Waals surface area contributed by atoms with Crippen LogP contribution in [0.2, 0.25) is 0 Å². The molecule has 1 saturated heterocycles. The highest BCUT2D eigenvalue weighted by Crippen LogP contribution is 2.02. The number of amides is 1. The van der Waals surface area contributed by atoms with Gasteiger partial charge in [-0.3, -0.25) is 10.5 Å². The Labute approximate surface area is 53.6 Å². The molecule has 1 amide bonds. The molecule has 4 nitrogen and oxygen atoms in total. The van der Waals surface area contributed by atoms with E-state index in [1.54, 1.807) is 0 Å². The summed E-state index contributed by atoms with van der Waals surface area (Å²) in [5, 5.41) is 2.84. The third kappa shape index (κ3) is 1.40. The largest absolute Gasteiger partial charge is 0.326 e. The summed E-state index contributed by atoms with van der Waals surface area (Å²) in [5.41, 5.74) is 12.2. The molecule has 0 spiro atoms. The Morgan fingerprint density at radius 2 is 2.44 bits per heavy atom. The Balaban J connectivity index is 2.39. The van der Waals surface area contributed by atoms with Crippen LogP contribution in [0.5, 0.6) is 0 Å². The van der Waals surface area contributed by atoms with Crippen molar-refractivity contribution in [3.05, 3.63) is 0 Å². The molecule has 4 heteroatoms. The first-order valence-electron chi connectivity index (χ1n) is 2.94. The van der Waals surface area contributed by atoms with E-state index in [-0.39, 0.29) is 12.1 Å². The van der Waals surface area contributed by atoms with Crippen LogP contribution < -0.4 is 16.8 Å². The van der Waals surface area contributed by atoms with Crippen LogP contribution in [0.15, 0.2) is 0 Å². The van der Waals surface area contributed by atoms with Crippen molar-refractivity contribution >= 4 is 5.91 Å². The molecule has 1 fully saturated rings. The summed E-state index contributed by atoms with van der Waals surface area (Å²) in [6.07, 6.45) is 0.613. The van der Waals surface area contributed by atoms with E-state index in [1.165, 1.54) is 0 Å². The van der Waals surface area contributed by atoms with E-state index >= 15 is 0 Å². The van der Waals surface area contributed by atoms with Crippen LogP contribution in [0.3, 0.4) is 0 Å². The van der Waals surface area contributed by atoms with Crippen LogP contribution in [0.1, 0.15) is 6.42 Å². The van der Waals surface area contributed by atoms with Crippen molar-refractivity contribution in [1.29, 1.82) is 0 Å². The molecule has 0 saturated carbocycles. The summed E-state index contributed by atoms with van der Waals surface area (Å²) < 4.78 is 0. The summed E-state index contributed by atoms with van der Waals surface area (Å²) >= 11 is 0. The van der Waals surface area contributed by atoms with Gasteiger partial charge in [0, 0.05) is 12.6 Å². The van der Waals surface area contributed by atoms with Crippen molar-refractivity contribution in [2.45, 2.75) is 18.5 Å². The number of hydrogen-bond donors (Lipinski definition) is 2. The highest BCUT2D eigenvalue weighted by Gasteiger charge is 2.25. The lowest BCUT2D eigenvalue weighted by atomic mass is 10.2. The van der Waals surface area contributed by atoms with Crippen LogP contribution in [0.25, 0.3) is 0 Å². The van der Waals surface area contributed by atoms with E-state index < -0.39 is 5.91 Å². The second-order valence-corrected chi connectivity index (χ2v) is 2.32. The number of nitrogens with two attached hydrogens (primary N) is 1. The van der Waals surface area contributed by atoms with E-state index in [9.17, 15) is 4.79 Å². The lowest BCUT2D eigenvalue weighted by Gasteiger charge is -2.00. The number of rotatable bonds is 1. The van der Waals surface area contributed by atoms with E-state index in [0.717, 1.165) is 0 Å². The Kier molecular flexibility index (Phi) is 1.68. The first-order valence-corrected chi connectivity index (χ1v) is 2.94. The van der Waals surface area contributed by atoms with Crippen LogP contribution in [-0.4, -0.2) is 24.5 Å². The van der Waals surface area contributed by atoms with Crippen LogP contribution in [-0.2, 0) is 4.79 Å². The number of carbonyl (C=O) groups is 1. The molecular formula is C5H10N3O. The van der Waals surface area contributed by atoms with Gasteiger partial charge >= 0.3 is 0 Å². The molecule has 0 aliphatic carbocycles. The maximum atomic E-state index is 10.3. The molecule has 1 heterocycles. The number of hydrogen-bond acceptors (Lipinski definition) is 3. The predicted molar refractivity (Wildman–Crippen MR) is 32.5 cm³/mol. The molecule has 51 valence electrons. The summed E-state index contributed by atoms with van der Waals surface area (Å²) in [6.45, 7) is 0.662. The average Bonchev–Trinajstić information content (AvgIpc) is 2.14. The van der Waals surface area contributed by atoms with Crippen LogP contribution in [0, 0.1) is 0 Å². The molecule has 1 unspecified atom stereocenters. The average molecular weight is 128 g/mol.